The van der Waals surface area contributed by atoms with Gasteiger partial charge >= 0.3 is 6.01 Å². The maximum atomic E-state index is 14.6. The van der Waals surface area contributed by atoms with Crippen molar-refractivity contribution in [3.05, 3.63) is 35.4 Å². The summed E-state index contributed by atoms with van der Waals surface area (Å²) < 4.78 is 31.2. The van der Waals surface area contributed by atoms with Crippen LogP contribution in [0, 0.1) is 23.6 Å². The first-order valence-corrected chi connectivity index (χ1v) is 13.3. The lowest BCUT2D eigenvalue weighted by atomic mass is 9.90. The van der Waals surface area contributed by atoms with E-state index in [9.17, 15) is 9.18 Å². The maximum Gasteiger partial charge on any atom is 0.324 e. The van der Waals surface area contributed by atoms with Crippen molar-refractivity contribution in [3.8, 4) is 5.75 Å². The number of nitrogens with zero attached hydrogens (tertiary/aromatic N) is 4. The molecule has 0 radical (unpaired) electrons. The first-order valence-electron chi connectivity index (χ1n) is 13.3. The molecule has 9 heteroatoms. The molecule has 3 aliphatic rings. The number of amides is 1. The normalized spacial score (nSPS) is 22.8. The lowest BCUT2D eigenvalue weighted by Gasteiger charge is -2.30. The highest BCUT2D eigenvalue weighted by molar-refractivity contribution is 5.79. The fraction of sp³-hybridized carbons (Fsp3) is 0.667. The minimum atomic E-state index is -0.382. The van der Waals surface area contributed by atoms with Gasteiger partial charge in [0, 0.05) is 38.2 Å². The van der Waals surface area contributed by atoms with Gasteiger partial charge in [-0.25, -0.2) is 4.39 Å². The number of anilines is 1. The summed E-state index contributed by atoms with van der Waals surface area (Å²) in [5.41, 5.74) is 0.411. The van der Waals surface area contributed by atoms with Gasteiger partial charge in [-0.2, -0.15) is 4.98 Å². The summed E-state index contributed by atoms with van der Waals surface area (Å²) in [5, 5.41) is 4.08. The Morgan fingerprint density at radius 1 is 1.19 bits per heavy atom. The number of carbonyl (C=O) groups is 1. The number of piperidine rings is 1. The van der Waals surface area contributed by atoms with Crippen LogP contribution in [0.15, 0.2) is 22.7 Å². The van der Waals surface area contributed by atoms with Crippen molar-refractivity contribution >= 4 is 11.9 Å². The number of hydrogen-bond donors (Lipinski definition) is 0. The minimum absolute atomic E-state index is 0.0612. The topological polar surface area (TPSA) is 80.9 Å². The molecule has 1 saturated carbocycles. The van der Waals surface area contributed by atoms with E-state index in [2.05, 4.69) is 28.9 Å². The number of hydrogen-bond acceptors (Lipinski definition) is 7. The zero-order valence-corrected chi connectivity index (χ0v) is 21.3. The molecule has 2 aromatic rings. The molecule has 3 heterocycles. The van der Waals surface area contributed by atoms with Gasteiger partial charge in [0.1, 0.15) is 11.6 Å². The summed E-state index contributed by atoms with van der Waals surface area (Å²) in [7, 11) is 0. The highest BCUT2D eigenvalue weighted by atomic mass is 19.1. The van der Waals surface area contributed by atoms with Crippen LogP contribution in [-0.2, 0) is 16.0 Å². The molecule has 2 aliphatic heterocycles. The van der Waals surface area contributed by atoms with Crippen molar-refractivity contribution in [1.29, 1.82) is 0 Å². The summed E-state index contributed by atoms with van der Waals surface area (Å²) in [6.07, 6.45) is 4.61. The molecule has 196 valence electrons. The van der Waals surface area contributed by atoms with E-state index in [1.807, 2.05) is 0 Å². The van der Waals surface area contributed by atoms with Crippen molar-refractivity contribution in [3.63, 3.8) is 0 Å². The summed E-state index contributed by atoms with van der Waals surface area (Å²) in [5.74, 6) is 3.31. The van der Waals surface area contributed by atoms with Gasteiger partial charge in [0.15, 0.2) is 5.82 Å². The van der Waals surface area contributed by atoms with Crippen LogP contribution in [0.5, 0.6) is 5.75 Å². The van der Waals surface area contributed by atoms with E-state index >= 15 is 0 Å². The SMILES string of the molecule is CC(C)c1noc(N2CCC(C3C[C@H]3CCOc3ccc(CC(=O)N4CCOCC4)c(F)c3)CC2)n1. The third-order valence-corrected chi connectivity index (χ3v) is 7.83. The average Bonchev–Trinajstić information content (AvgIpc) is 3.48. The third-order valence-electron chi connectivity index (χ3n) is 7.83. The maximum absolute atomic E-state index is 14.6. The molecule has 0 N–H and O–H groups in total. The molecule has 2 atom stereocenters. The Hall–Kier alpha value is -2.68. The zero-order valence-electron chi connectivity index (χ0n) is 21.3. The molecule has 0 spiro atoms. The van der Waals surface area contributed by atoms with Crippen LogP contribution in [0.25, 0.3) is 0 Å². The largest absolute Gasteiger partial charge is 0.493 e. The van der Waals surface area contributed by atoms with Crippen molar-refractivity contribution < 1.29 is 23.2 Å². The van der Waals surface area contributed by atoms with Crippen molar-refractivity contribution in [1.82, 2.24) is 15.0 Å². The van der Waals surface area contributed by atoms with Crippen LogP contribution >= 0.6 is 0 Å². The molecule has 0 bridgehead atoms. The van der Waals surface area contributed by atoms with Crippen LogP contribution < -0.4 is 9.64 Å². The molecule has 1 aromatic heterocycles. The van der Waals surface area contributed by atoms with Crippen molar-refractivity contribution in [2.24, 2.45) is 17.8 Å². The van der Waals surface area contributed by atoms with Gasteiger partial charge in [0.25, 0.3) is 0 Å². The van der Waals surface area contributed by atoms with Crippen LogP contribution in [0.3, 0.4) is 0 Å². The number of carbonyl (C=O) groups excluding carboxylic acids is 1. The summed E-state index contributed by atoms with van der Waals surface area (Å²) in [6.45, 7) is 8.88. The number of halogens is 1. The Morgan fingerprint density at radius 2 is 1.97 bits per heavy atom. The second kappa shape index (κ2) is 11.2. The number of ether oxygens (including phenoxy) is 2. The Kier molecular flexibility index (Phi) is 7.74. The smallest absolute Gasteiger partial charge is 0.324 e. The van der Waals surface area contributed by atoms with Gasteiger partial charge in [-0.1, -0.05) is 25.1 Å². The number of benzene rings is 1. The molecule has 1 aromatic carbocycles. The van der Waals surface area contributed by atoms with Gasteiger partial charge in [-0.3, -0.25) is 4.79 Å². The highest BCUT2D eigenvalue weighted by Gasteiger charge is 2.43. The number of aromatic nitrogens is 2. The van der Waals surface area contributed by atoms with Crippen molar-refractivity contribution in [2.75, 3.05) is 50.9 Å². The van der Waals surface area contributed by atoms with E-state index in [0.717, 1.165) is 50.0 Å². The van der Waals surface area contributed by atoms with Crippen LogP contribution in [0.1, 0.15) is 56.8 Å². The van der Waals surface area contributed by atoms with E-state index in [0.29, 0.717) is 56.2 Å². The minimum Gasteiger partial charge on any atom is -0.493 e. The summed E-state index contributed by atoms with van der Waals surface area (Å²) in [4.78, 5) is 20.9. The van der Waals surface area contributed by atoms with E-state index < -0.39 is 0 Å². The Bertz CT molecular complexity index is 1030. The molecule has 1 amide bonds. The third kappa shape index (κ3) is 5.99. The predicted octanol–water partition coefficient (Wildman–Crippen LogP) is 4.06. The molecule has 36 heavy (non-hydrogen) atoms. The first kappa shape index (κ1) is 25.0. The predicted molar refractivity (Wildman–Crippen MR) is 133 cm³/mol. The monoisotopic (exact) mass is 500 g/mol. The quantitative estimate of drug-likeness (QED) is 0.514. The molecular weight excluding hydrogens is 463 g/mol. The van der Waals surface area contributed by atoms with Gasteiger partial charge < -0.3 is 23.8 Å². The second-order valence-electron chi connectivity index (χ2n) is 10.6. The second-order valence-corrected chi connectivity index (χ2v) is 10.6. The molecular formula is C27H37FN4O4. The summed E-state index contributed by atoms with van der Waals surface area (Å²) >= 11 is 0. The highest BCUT2D eigenvalue weighted by Crippen LogP contribution is 2.50. The van der Waals surface area contributed by atoms with Gasteiger partial charge in [0.2, 0.25) is 5.91 Å². The average molecular weight is 501 g/mol. The molecule has 1 unspecified atom stereocenters. The lowest BCUT2D eigenvalue weighted by molar-refractivity contribution is -0.134. The number of morpholine rings is 1. The lowest BCUT2D eigenvalue weighted by Crippen LogP contribution is -2.41. The van der Waals surface area contributed by atoms with E-state index in [4.69, 9.17) is 14.0 Å². The van der Waals surface area contributed by atoms with E-state index in [1.54, 1.807) is 17.0 Å². The standard InChI is InChI=1S/C27H37FN4O4/c1-18(2)26-29-27(36-30-26)32-8-5-19(6-9-32)23-15-20(23)7-12-35-22-4-3-21(24(28)17-22)16-25(33)31-10-13-34-14-11-31/h3-4,17-20,23H,5-16H2,1-2H3/t20-,23?/m1/s1. The Morgan fingerprint density at radius 3 is 2.67 bits per heavy atom. The van der Waals surface area contributed by atoms with Crippen LogP contribution in [-0.4, -0.2) is 66.9 Å². The molecule has 5 rings (SSSR count). The Balaban J connectivity index is 1.02. The fourth-order valence-corrected chi connectivity index (χ4v) is 5.47. The molecule has 1 aliphatic carbocycles. The van der Waals surface area contributed by atoms with Crippen LogP contribution in [0.2, 0.25) is 0 Å². The van der Waals surface area contributed by atoms with Gasteiger partial charge in [0.05, 0.1) is 26.2 Å². The van der Waals surface area contributed by atoms with Crippen LogP contribution in [0.4, 0.5) is 10.4 Å². The molecule has 3 fully saturated rings. The van der Waals surface area contributed by atoms with Crippen molar-refractivity contribution in [2.45, 2.75) is 51.9 Å². The van der Waals surface area contributed by atoms with Gasteiger partial charge in [-0.15, -0.1) is 0 Å². The first-order chi connectivity index (χ1) is 17.5. The summed E-state index contributed by atoms with van der Waals surface area (Å²) in [6, 6.07) is 5.50. The van der Waals surface area contributed by atoms with E-state index in [-0.39, 0.29) is 24.1 Å². The zero-order chi connectivity index (χ0) is 25.1. The molecule has 8 nitrogen and oxygen atoms in total. The van der Waals surface area contributed by atoms with Gasteiger partial charge in [-0.05, 0) is 55.1 Å². The van der Waals surface area contributed by atoms with E-state index in [1.165, 1.54) is 12.5 Å². The Labute approximate surface area is 212 Å². The number of rotatable bonds is 9. The fourth-order valence-electron chi connectivity index (χ4n) is 5.47. The molecule has 2 saturated heterocycles.